The van der Waals surface area contributed by atoms with Gasteiger partial charge in [0.15, 0.2) is 0 Å². The number of hydrogen-bond donors (Lipinski definition) is 2. The van der Waals surface area contributed by atoms with Crippen LogP contribution in [-0.2, 0) is 0 Å². The molecule has 84 valence electrons. The van der Waals surface area contributed by atoms with E-state index in [0.717, 1.165) is 31.5 Å². The van der Waals surface area contributed by atoms with Gasteiger partial charge >= 0.3 is 0 Å². The summed E-state index contributed by atoms with van der Waals surface area (Å²) in [5.74, 6) is 1.67. The molecule has 1 saturated carbocycles. The van der Waals surface area contributed by atoms with Gasteiger partial charge in [0.1, 0.15) is 0 Å². The smallest absolute Gasteiger partial charge is 0.00109 e. The summed E-state index contributed by atoms with van der Waals surface area (Å²) in [6, 6.07) is 0. The molecular formula is C12H26N2. The van der Waals surface area contributed by atoms with E-state index >= 15 is 0 Å². The molecular weight excluding hydrogens is 172 g/mol. The van der Waals surface area contributed by atoms with Gasteiger partial charge in [-0.3, -0.25) is 0 Å². The van der Waals surface area contributed by atoms with Crippen LogP contribution in [0.2, 0.25) is 0 Å². The Morgan fingerprint density at radius 1 is 1.29 bits per heavy atom. The lowest BCUT2D eigenvalue weighted by atomic mass is 10.1. The van der Waals surface area contributed by atoms with E-state index in [2.05, 4.69) is 38.3 Å². The van der Waals surface area contributed by atoms with E-state index in [9.17, 15) is 0 Å². The summed E-state index contributed by atoms with van der Waals surface area (Å²) in [6.07, 6.45) is 1.40. The largest absolute Gasteiger partial charge is 0.317 e. The van der Waals surface area contributed by atoms with E-state index < -0.39 is 0 Å². The predicted molar refractivity (Wildman–Crippen MR) is 62.5 cm³/mol. The van der Waals surface area contributed by atoms with Crippen molar-refractivity contribution in [2.45, 2.75) is 34.1 Å². The average Bonchev–Trinajstić information content (AvgIpc) is 2.71. The molecule has 0 heterocycles. The maximum Gasteiger partial charge on any atom is -0.00109 e. The van der Waals surface area contributed by atoms with Crippen LogP contribution in [0.25, 0.3) is 0 Å². The Hall–Kier alpha value is -0.0800. The monoisotopic (exact) mass is 198 g/mol. The van der Waals surface area contributed by atoms with Crippen molar-refractivity contribution >= 4 is 0 Å². The molecule has 1 aliphatic rings. The Morgan fingerprint density at radius 2 is 1.86 bits per heavy atom. The second-order valence-corrected chi connectivity index (χ2v) is 5.46. The van der Waals surface area contributed by atoms with Crippen molar-refractivity contribution in [3.05, 3.63) is 0 Å². The third-order valence-corrected chi connectivity index (χ3v) is 3.34. The maximum atomic E-state index is 3.57. The van der Waals surface area contributed by atoms with Crippen molar-refractivity contribution in [2.75, 3.05) is 26.2 Å². The molecule has 0 radical (unpaired) electrons. The quantitative estimate of drug-likeness (QED) is 0.652. The molecule has 1 fully saturated rings. The van der Waals surface area contributed by atoms with Crippen LogP contribution < -0.4 is 10.6 Å². The van der Waals surface area contributed by atoms with E-state index in [-0.39, 0.29) is 0 Å². The van der Waals surface area contributed by atoms with E-state index in [4.69, 9.17) is 0 Å². The van der Waals surface area contributed by atoms with Crippen LogP contribution >= 0.6 is 0 Å². The number of rotatable bonds is 7. The molecule has 2 heteroatoms. The van der Waals surface area contributed by atoms with Crippen molar-refractivity contribution in [1.82, 2.24) is 10.6 Å². The fourth-order valence-electron chi connectivity index (χ4n) is 1.89. The Morgan fingerprint density at radius 3 is 2.36 bits per heavy atom. The van der Waals surface area contributed by atoms with Crippen molar-refractivity contribution in [3.63, 3.8) is 0 Å². The summed E-state index contributed by atoms with van der Waals surface area (Å²) in [6.45, 7) is 13.8. The average molecular weight is 198 g/mol. The minimum absolute atomic E-state index is 0.623. The highest BCUT2D eigenvalue weighted by Gasteiger charge is 2.44. The molecule has 2 atom stereocenters. The van der Waals surface area contributed by atoms with E-state index in [1.807, 2.05) is 0 Å². The van der Waals surface area contributed by atoms with Gasteiger partial charge in [-0.15, -0.1) is 0 Å². The summed E-state index contributed by atoms with van der Waals surface area (Å²) in [7, 11) is 0. The first kappa shape index (κ1) is 12.0. The first-order chi connectivity index (χ1) is 6.56. The van der Waals surface area contributed by atoms with Crippen LogP contribution in [0.3, 0.4) is 0 Å². The second-order valence-electron chi connectivity index (χ2n) is 5.46. The lowest BCUT2D eigenvalue weighted by molar-refractivity contribution is 0.452. The Kier molecular flexibility index (Phi) is 4.39. The lowest BCUT2D eigenvalue weighted by Gasteiger charge is -2.13. The number of hydrogen-bond acceptors (Lipinski definition) is 2. The molecule has 0 aromatic carbocycles. The standard InChI is InChI=1S/C12H26N2/c1-5-13-7-10(2)8-14-9-11-6-12(11,3)4/h10-11,13-14H,5-9H2,1-4H3. The van der Waals surface area contributed by atoms with Gasteiger partial charge in [-0.1, -0.05) is 27.7 Å². The van der Waals surface area contributed by atoms with Gasteiger partial charge in [-0.25, -0.2) is 0 Å². The third kappa shape index (κ3) is 3.97. The van der Waals surface area contributed by atoms with Gasteiger partial charge in [-0.2, -0.15) is 0 Å². The SMILES string of the molecule is CCNCC(C)CNCC1CC1(C)C. The van der Waals surface area contributed by atoms with Gasteiger partial charge in [0, 0.05) is 0 Å². The number of nitrogens with one attached hydrogen (secondary N) is 2. The fourth-order valence-corrected chi connectivity index (χ4v) is 1.89. The Balaban J connectivity index is 1.94. The van der Waals surface area contributed by atoms with E-state index in [1.54, 1.807) is 0 Å². The van der Waals surface area contributed by atoms with Gasteiger partial charge in [0.25, 0.3) is 0 Å². The first-order valence-electron chi connectivity index (χ1n) is 5.97. The highest BCUT2D eigenvalue weighted by molar-refractivity contribution is 4.96. The van der Waals surface area contributed by atoms with Crippen LogP contribution in [0, 0.1) is 17.3 Å². The Bertz CT molecular complexity index is 166. The molecule has 1 rings (SSSR count). The van der Waals surface area contributed by atoms with E-state index in [1.165, 1.54) is 13.0 Å². The zero-order valence-electron chi connectivity index (χ0n) is 10.2. The minimum Gasteiger partial charge on any atom is -0.317 e. The van der Waals surface area contributed by atoms with Crippen LogP contribution in [0.5, 0.6) is 0 Å². The molecule has 1 aliphatic carbocycles. The van der Waals surface area contributed by atoms with Gasteiger partial charge in [0.2, 0.25) is 0 Å². The summed E-state index contributed by atoms with van der Waals surface area (Å²) < 4.78 is 0. The lowest BCUT2D eigenvalue weighted by Crippen LogP contribution is -2.30. The molecule has 2 nitrogen and oxygen atoms in total. The van der Waals surface area contributed by atoms with Crippen molar-refractivity contribution in [1.29, 1.82) is 0 Å². The zero-order valence-corrected chi connectivity index (χ0v) is 10.2. The Labute approximate surface area is 88.8 Å². The topological polar surface area (TPSA) is 24.1 Å². The van der Waals surface area contributed by atoms with Crippen LogP contribution in [0.4, 0.5) is 0 Å². The summed E-state index contributed by atoms with van der Waals surface area (Å²) in [4.78, 5) is 0. The molecule has 0 aromatic heterocycles. The summed E-state index contributed by atoms with van der Waals surface area (Å²) in [5.41, 5.74) is 0.623. The molecule has 0 saturated heterocycles. The summed E-state index contributed by atoms with van der Waals surface area (Å²) in [5, 5.41) is 6.95. The maximum absolute atomic E-state index is 3.57. The molecule has 0 bridgehead atoms. The van der Waals surface area contributed by atoms with Gasteiger partial charge < -0.3 is 10.6 Å². The van der Waals surface area contributed by atoms with Crippen molar-refractivity contribution in [2.24, 2.45) is 17.3 Å². The predicted octanol–water partition coefficient (Wildman–Crippen LogP) is 1.87. The molecule has 0 aromatic rings. The van der Waals surface area contributed by atoms with Gasteiger partial charge in [-0.05, 0) is 49.9 Å². The molecule has 0 amide bonds. The zero-order chi connectivity index (χ0) is 10.6. The highest BCUT2D eigenvalue weighted by Crippen LogP contribution is 2.50. The molecule has 2 N–H and O–H groups in total. The van der Waals surface area contributed by atoms with Crippen molar-refractivity contribution in [3.8, 4) is 0 Å². The normalized spacial score (nSPS) is 26.1. The molecule has 0 aliphatic heterocycles. The minimum atomic E-state index is 0.623. The first-order valence-corrected chi connectivity index (χ1v) is 5.97. The summed E-state index contributed by atoms with van der Waals surface area (Å²) >= 11 is 0. The van der Waals surface area contributed by atoms with Crippen LogP contribution in [0.15, 0.2) is 0 Å². The third-order valence-electron chi connectivity index (χ3n) is 3.34. The van der Waals surface area contributed by atoms with Crippen LogP contribution in [-0.4, -0.2) is 26.2 Å². The molecule has 2 unspecified atom stereocenters. The molecule has 14 heavy (non-hydrogen) atoms. The highest BCUT2D eigenvalue weighted by atomic mass is 14.9. The van der Waals surface area contributed by atoms with Crippen molar-refractivity contribution < 1.29 is 0 Å². The fraction of sp³-hybridized carbons (Fsp3) is 1.00. The van der Waals surface area contributed by atoms with Gasteiger partial charge in [0.05, 0.1) is 0 Å². The second kappa shape index (κ2) is 5.13. The molecule has 0 spiro atoms. The van der Waals surface area contributed by atoms with E-state index in [0.29, 0.717) is 5.41 Å². The van der Waals surface area contributed by atoms with Crippen LogP contribution in [0.1, 0.15) is 34.1 Å².